The van der Waals surface area contributed by atoms with Gasteiger partial charge in [0.05, 0.1) is 30.1 Å². The van der Waals surface area contributed by atoms with E-state index in [1.807, 2.05) is 0 Å². The maximum atomic E-state index is 13.2. The molecule has 1 saturated heterocycles. The van der Waals surface area contributed by atoms with Gasteiger partial charge in [0.2, 0.25) is 11.8 Å². The fourth-order valence-electron chi connectivity index (χ4n) is 4.16. The summed E-state index contributed by atoms with van der Waals surface area (Å²) in [4.78, 5) is 50.7. The molecule has 170 valence electrons. The van der Waals surface area contributed by atoms with Gasteiger partial charge in [-0.15, -0.1) is 0 Å². The molecule has 0 radical (unpaired) electrons. The number of rotatable bonds is 6. The summed E-state index contributed by atoms with van der Waals surface area (Å²) in [7, 11) is 1.23. The first-order chi connectivity index (χ1) is 15.2. The van der Waals surface area contributed by atoms with Crippen molar-refractivity contribution in [3.05, 3.63) is 62.5 Å². The predicted molar refractivity (Wildman–Crippen MR) is 115 cm³/mol. The highest BCUT2D eigenvalue weighted by Crippen LogP contribution is 2.39. The molecule has 0 spiro atoms. The maximum Gasteiger partial charge on any atom is 0.336 e. The second-order valence-corrected chi connectivity index (χ2v) is 7.75. The number of dihydropyridines is 1. The van der Waals surface area contributed by atoms with Crippen LogP contribution in [0.5, 0.6) is 0 Å². The summed E-state index contributed by atoms with van der Waals surface area (Å²) in [6.45, 7) is 4.52. The van der Waals surface area contributed by atoms with E-state index in [9.17, 15) is 24.5 Å². The van der Waals surface area contributed by atoms with E-state index in [0.717, 1.165) is 12.8 Å². The summed E-state index contributed by atoms with van der Waals surface area (Å²) in [6.07, 6.45) is 1.88. The van der Waals surface area contributed by atoms with E-state index in [2.05, 4.69) is 10.6 Å². The van der Waals surface area contributed by atoms with Crippen molar-refractivity contribution in [3.8, 4) is 0 Å². The van der Waals surface area contributed by atoms with Crippen LogP contribution in [0.1, 0.15) is 38.2 Å². The second-order valence-electron chi connectivity index (χ2n) is 7.75. The van der Waals surface area contributed by atoms with Gasteiger partial charge in [0.25, 0.3) is 5.69 Å². The van der Waals surface area contributed by atoms with E-state index in [-0.39, 0.29) is 29.3 Å². The fourth-order valence-corrected chi connectivity index (χ4v) is 4.16. The van der Waals surface area contributed by atoms with Crippen LogP contribution in [0.3, 0.4) is 0 Å². The Hall–Kier alpha value is -3.69. The van der Waals surface area contributed by atoms with Crippen LogP contribution in [0, 0.1) is 10.1 Å². The smallest absolute Gasteiger partial charge is 0.336 e. The number of esters is 1. The number of carbonyl (C=O) groups excluding carboxylic acids is 3. The lowest BCUT2D eigenvalue weighted by atomic mass is 9.80. The molecule has 0 aromatic heterocycles. The average Bonchev–Trinajstić information content (AvgIpc) is 3.31. The van der Waals surface area contributed by atoms with Crippen LogP contribution in [0.2, 0.25) is 0 Å². The topological polar surface area (TPSA) is 131 Å². The Bertz CT molecular complexity index is 1020. The fraction of sp³-hybridized carbons (Fsp3) is 0.409. The average molecular weight is 442 g/mol. The van der Waals surface area contributed by atoms with Crippen molar-refractivity contribution >= 4 is 23.5 Å². The molecule has 2 heterocycles. The number of nitro benzene ring substituents is 1. The zero-order chi connectivity index (χ0) is 23.4. The molecule has 2 amide bonds. The number of likely N-dealkylation sites (tertiary alicyclic amines) is 1. The van der Waals surface area contributed by atoms with Gasteiger partial charge in [0.1, 0.15) is 0 Å². The number of nitro groups is 1. The second kappa shape index (κ2) is 9.63. The van der Waals surface area contributed by atoms with Gasteiger partial charge in [0, 0.05) is 42.2 Å². The quantitative estimate of drug-likeness (QED) is 0.390. The lowest BCUT2D eigenvalue weighted by Crippen LogP contribution is -2.41. The largest absolute Gasteiger partial charge is 0.466 e. The molecule has 2 aliphatic rings. The zero-order valence-corrected chi connectivity index (χ0v) is 18.3. The van der Waals surface area contributed by atoms with Crippen molar-refractivity contribution in [2.75, 3.05) is 26.7 Å². The highest BCUT2D eigenvalue weighted by atomic mass is 16.6. The summed E-state index contributed by atoms with van der Waals surface area (Å²) in [5, 5.41) is 17.0. The minimum absolute atomic E-state index is 0.162. The van der Waals surface area contributed by atoms with Crippen LogP contribution < -0.4 is 10.6 Å². The van der Waals surface area contributed by atoms with Gasteiger partial charge in [-0.2, -0.15) is 0 Å². The van der Waals surface area contributed by atoms with Crippen LogP contribution >= 0.6 is 0 Å². The van der Waals surface area contributed by atoms with Gasteiger partial charge in [-0.25, -0.2) is 4.79 Å². The molecule has 3 rings (SSSR count). The number of nitrogens with one attached hydrogen (secondary N) is 2. The van der Waals surface area contributed by atoms with E-state index in [0.29, 0.717) is 30.0 Å². The van der Waals surface area contributed by atoms with Crippen LogP contribution in [-0.4, -0.2) is 54.4 Å². The first-order valence-corrected chi connectivity index (χ1v) is 10.3. The number of amides is 2. The van der Waals surface area contributed by atoms with Crippen molar-refractivity contribution in [1.82, 2.24) is 15.5 Å². The van der Waals surface area contributed by atoms with Gasteiger partial charge in [-0.1, -0.05) is 12.1 Å². The van der Waals surface area contributed by atoms with Gasteiger partial charge < -0.3 is 20.3 Å². The van der Waals surface area contributed by atoms with E-state index >= 15 is 0 Å². The van der Waals surface area contributed by atoms with Gasteiger partial charge in [-0.3, -0.25) is 19.7 Å². The lowest BCUT2D eigenvalue weighted by molar-refractivity contribution is -0.384. The third kappa shape index (κ3) is 4.63. The normalized spacial score (nSPS) is 18.3. The molecule has 1 unspecified atom stereocenters. The molecular weight excluding hydrogens is 416 g/mol. The highest BCUT2D eigenvalue weighted by Gasteiger charge is 2.37. The van der Waals surface area contributed by atoms with E-state index in [1.165, 1.54) is 25.3 Å². The standard InChI is InChI=1S/C22H26N4O6/c1-13-18(21(28)23-12-17(27)25-9-4-5-10-25)20(19(14(2)24-13)22(29)32-3)15-7-6-8-16(11-15)26(30)31/h6-8,11,20,24H,4-5,9-10,12H2,1-3H3,(H,23,28). The lowest BCUT2D eigenvalue weighted by Gasteiger charge is -2.30. The Morgan fingerprint density at radius 1 is 1.19 bits per heavy atom. The SMILES string of the molecule is COC(=O)C1=C(C)NC(C)=C(C(=O)NCC(=O)N2CCCC2)C1c1cccc([N+](=O)[O-])c1. The molecule has 32 heavy (non-hydrogen) atoms. The van der Waals surface area contributed by atoms with Crippen LogP contribution in [0.25, 0.3) is 0 Å². The predicted octanol–water partition coefficient (Wildman–Crippen LogP) is 1.74. The number of benzene rings is 1. The number of methoxy groups -OCH3 is 1. The summed E-state index contributed by atoms with van der Waals surface area (Å²) < 4.78 is 4.93. The molecule has 0 saturated carbocycles. The third-order valence-corrected chi connectivity index (χ3v) is 5.68. The van der Waals surface area contributed by atoms with Crippen LogP contribution in [-0.2, 0) is 19.1 Å². The Morgan fingerprint density at radius 3 is 2.47 bits per heavy atom. The molecule has 10 nitrogen and oxygen atoms in total. The molecular formula is C22H26N4O6. The molecule has 1 fully saturated rings. The Balaban J connectivity index is 1.97. The molecule has 0 aliphatic carbocycles. The number of carbonyl (C=O) groups is 3. The van der Waals surface area contributed by atoms with Crippen molar-refractivity contribution < 1.29 is 24.0 Å². The Morgan fingerprint density at radius 2 is 1.84 bits per heavy atom. The first-order valence-electron chi connectivity index (χ1n) is 10.3. The molecule has 1 atom stereocenters. The number of hydrogen-bond acceptors (Lipinski definition) is 7. The number of hydrogen-bond donors (Lipinski definition) is 2. The summed E-state index contributed by atoms with van der Waals surface area (Å²) in [5.74, 6) is -2.26. The van der Waals surface area contributed by atoms with Gasteiger partial charge in [-0.05, 0) is 32.3 Å². The van der Waals surface area contributed by atoms with Crippen molar-refractivity contribution in [3.63, 3.8) is 0 Å². The molecule has 1 aromatic carbocycles. The number of nitrogens with zero attached hydrogens (tertiary/aromatic N) is 2. The Kier molecular flexibility index (Phi) is 6.92. The maximum absolute atomic E-state index is 13.2. The monoisotopic (exact) mass is 442 g/mol. The van der Waals surface area contributed by atoms with Crippen molar-refractivity contribution in [2.45, 2.75) is 32.6 Å². The van der Waals surface area contributed by atoms with E-state index in [1.54, 1.807) is 24.8 Å². The summed E-state index contributed by atoms with van der Waals surface area (Å²) >= 11 is 0. The van der Waals surface area contributed by atoms with Crippen LogP contribution in [0.4, 0.5) is 5.69 Å². The minimum Gasteiger partial charge on any atom is -0.466 e. The third-order valence-electron chi connectivity index (χ3n) is 5.68. The first kappa shape index (κ1) is 23.0. The van der Waals surface area contributed by atoms with Crippen molar-refractivity contribution in [2.24, 2.45) is 0 Å². The van der Waals surface area contributed by atoms with Gasteiger partial charge >= 0.3 is 5.97 Å². The number of ether oxygens (including phenoxy) is 1. The number of non-ortho nitro benzene ring substituents is 1. The molecule has 10 heteroatoms. The molecule has 2 aliphatic heterocycles. The highest BCUT2D eigenvalue weighted by molar-refractivity contribution is 6.03. The molecule has 0 bridgehead atoms. The van der Waals surface area contributed by atoms with E-state index in [4.69, 9.17) is 4.74 Å². The molecule has 2 N–H and O–H groups in total. The van der Waals surface area contributed by atoms with Crippen LogP contribution in [0.15, 0.2) is 46.8 Å². The summed E-state index contributed by atoms with van der Waals surface area (Å²) in [5.41, 5.74) is 1.58. The molecule has 1 aromatic rings. The zero-order valence-electron chi connectivity index (χ0n) is 18.3. The minimum atomic E-state index is -0.898. The van der Waals surface area contributed by atoms with E-state index < -0.39 is 22.7 Å². The number of allylic oxidation sites excluding steroid dienone is 2. The van der Waals surface area contributed by atoms with Crippen molar-refractivity contribution in [1.29, 1.82) is 0 Å². The summed E-state index contributed by atoms with van der Waals surface area (Å²) in [6, 6.07) is 5.79. The Labute approximate surface area is 185 Å². The van der Waals surface area contributed by atoms with Gasteiger partial charge in [0.15, 0.2) is 0 Å².